The van der Waals surface area contributed by atoms with Gasteiger partial charge < -0.3 is 20.2 Å². The van der Waals surface area contributed by atoms with E-state index in [1.807, 2.05) is 42.9 Å². The molecule has 1 amide bonds. The van der Waals surface area contributed by atoms with Gasteiger partial charge >= 0.3 is 0 Å². The third-order valence-corrected chi connectivity index (χ3v) is 6.35. The number of imidazole rings is 2. The highest BCUT2D eigenvalue weighted by Gasteiger charge is 2.15. The maximum atomic E-state index is 13.6. The van der Waals surface area contributed by atoms with Gasteiger partial charge in [0.2, 0.25) is 5.95 Å². The molecule has 0 bridgehead atoms. The zero-order valence-electron chi connectivity index (χ0n) is 21.2. The van der Waals surface area contributed by atoms with Crippen molar-refractivity contribution in [3.8, 4) is 11.5 Å². The number of H-pyrrole nitrogens is 1. The first-order valence-corrected chi connectivity index (χ1v) is 12.2. The van der Waals surface area contributed by atoms with Gasteiger partial charge in [-0.2, -0.15) is 0 Å². The number of hydrogen-bond donors (Lipinski definition) is 3. The van der Waals surface area contributed by atoms with Gasteiger partial charge in [-0.3, -0.25) is 9.36 Å². The molecule has 194 valence electrons. The summed E-state index contributed by atoms with van der Waals surface area (Å²) in [6.07, 6.45) is 10.3. The van der Waals surface area contributed by atoms with Gasteiger partial charge in [0, 0.05) is 47.4 Å². The van der Waals surface area contributed by atoms with Crippen LogP contribution in [0.25, 0.3) is 22.5 Å². The first kappa shape index (κ1) is 24.0. The Morgan fingerprint density at radius 2 is 1.95 bits per heavy atom. The molecular formula is C28H24FN9O. The molecule has 10 nitrogen and oxygen atoms in total. The average Bonchev–Trinajstić information content (AvgIpc) is 3.70. The second-order valence-electron chi connectivity index (χ2n) is 9.11. The average molecular weight is 522 g/mol. The van der Waals surface area contributed by atoms with E-state index in [0.29, 0.717) is 40.0 Å². The number of aryl methyl sites for hydroxylation is 2. The molecule has 4 aromatic heterocycles. The van der Waals surface area contributed by atoms with Crippen LogP contribution in [-0.2, 0) is 6.67 Å². The van der Waals surface area contributed by atoms with Crippen LogP contribution in [0.2, 0.25) is 0 Å². The molecule has 0 aliphatic heterocycles. The quantitative estimate of drug-likeness (QED) is 0.258. The van der Waals surface area contributed by atoms with Crippen LogP contribution in [0.5, 0.6) is 0 Å². The van der Waals surface area contributed by atoms with E-state index < -0.39 is 6.67 Å². The van der Waals surface area contributed by atoms with E-state index in [2.05, 4.69) is 35.6 Å². The molecule has 0 unspecified atom stereocenters. The Morgan fingerprint density at radius 1 is 1.05 bits per heavy atom. The topological polar surface area (TPSA) is 118 Å². The Kier molecular flexibility index (Phi) is 6.08. The number of nitrogens with one attached hydrogen (secondary N) is 3. The number of nitrogens with zero attached hydrogens (tertiary/aromatic N) is 6. The predicted octanol–water partition coefficient (Wildman–Crippen LogP) is 5.41. The van der Waals surface area contributed by atoms with E-state index in [1.54, 1.807) is 53.6 Å². The lowest BCUT2D eigenvalue weighted by Gasteiger charge is -2.14. The van der Waals surface area contributed by atoms with Gasteiger partial charge in [0.1, 0.15) is 18.6 Å². The number of alkyl halides is 1. The molecular weight excluding hydrogens is 497 g/mol. The van der Waals surface area contributed by atoms with E-state index in [1.165, 1.54) is 6.33 Å². The highest BCUT2D eigenvalue weighted by atomic mass is 19.1. The number of hydrogen-bond acceptors (Lipinski definition) is 6. The fraction of sp³-hybridized carbons (Fsp3) is 0.107. The molecule has 0 saturated carbocycles. The first-order valence-electron chi connectivity index (χ1n) is 12.2. The van der Waals surface area contributed by atoms with E-state index >= 15 is 0 Å². The number of carbonyl (C=O) groups is 1. The predicted molar refractivity (Wildman–Crippen MR) is 147 cm³/mol. The molecule has 6 aromatic rings. The number of carbonyl (C=O) groups excluding carboxylic acids is 1. The summed E-state index contributed by atoms with van der Waals surface area (Å²) < 4.78 is 17.2. The fourth-order valence-electron chi connectivity index (χ4n) is 4.37. The minimum Gasteiger partial charge on any atom is -0.346 e. The van der Waals surface area contributed by atoms with Crippen molar-refractivity contribution >= 4 is 34.3 Å². The molecule has 6 rings (SSSR count). The highest BCUT2D eigenvalue weighted by Crippen LogP contribution is 2.26. The number of benzene rings is 2. The Balaban J connectivity index is 1.27. The van der Waals surface area contributed by atoms with Gasteiger partial charge in [0.25, 0.3) is 5.91 Å². The van der Waals surface area contributed by atoms with Gasteiger partial charge in [-0.1, -0.05) is 6.07 Å². The number of amides is 1. The SMILES string of the molecule is Cc1cn(-c2cc(CF)cc(NC(=O)c3ccc(C)c(Nc4nccn4-c4ncnc5[nH]ccc45)c3)c2)cn1. The second kappa shape index (κ2) is 9.86. The zero-order chi connectivity index (χ0) is 26.9. The molecule has 0 fully saturated rings. The molecule has 0 aliphatic rings. The summed E-state index contributed by atoms with van der Waals surface area (Å²) in [6.45, 7) is 3.16. The van der Waals surface area contributed by atoms with Crippen LogP contribution < -0.4 is 10.6 Å². The monoisotopic (exact) mass is 521 g/mol. The maximum absolute atomic E-state index is 13.6. The van der Waals surface area contributed by atoms with Crippen molar-refractivity contribution < 1.29 is 9.18 Å². The lowest BCUT2D eigenvalue weighted by atomic mass is 10.1. The summed E-state index contributed by atoms with van der Waals surface area (Å²) in [4.78, 5) is 33.7. The van der Waals surface area contributed by atoms with Crippen molar-refractivity contribution in [3.05, 3.63) is 102 Å². The summed E-state index contributed by atoms with van der Waals surface area (Å²) in [5.41, 5.74) is 5.27. The van der Waals surface area contributed by atoms with E-state index in [9.17, 15) is 9.18 Å². The van der Waals surface area contributed by atoms with Gasteiger partial charge in [-0.25, -0.2) is 24.3 Å². The summed E-state index contributed by atoms with van der Waals surface area (Å²) in [5.74, 6) is 0.882. The van der Waals surface area contributed by atoms with E-state index in [4.69, 9.17) is 0 Å². The third kappa shape index (κ3) is 4.73. The largest absolute Gasteiger partial charge is 0.346 e. The fourth-order valence-corrected chi connectivity index (χ4v) is 4.37. The Bertz CT molecular complexity index is 1820. The molecule has 3 N–H and O–H groups in total. The molecule has 0 atom stereocenters. The number of rotatable bonds is 7. The van der Waals surface area contributed by atoms with E-state index in [0.717, 1.165) is 22.3 Å². The smallest absolute Gasteiger partial charge is 0.255 e. The Morgan fingerprint density at radius 3 is 2.77 bits per heavy atom. The number of fused-ring (bicyclic) bond motifs is 1. The molecule has 11 heteroatoms. The van der Waals surface area contributed by atoms with Gasteiger partial charge in [0.05, 0.1) is 17.4 Å². The van der Waals surface area contributed by atoms with Gasteiger partial charge in [-0.15, -0.1) is 0 Å². The summed E-state index contributed by atoms with van der Waals surface area (Å²) in [6, 6.07) is 12.4. The molecule has 4 heterocycles. The Labute approximate surface area is 222 Å². The number of halogens is 1. The van der Waals surface area contributed by atoms with Crippen LogP contribution in [0.4, 0.5) is 21.7 Å². The Hall–Kier alpha value is -5.32. The van der Waals surface area contributed by atoms with Crippen LogP contribution in [0.3, 0.4) is 0 Å². The second-order valence-corrected chi connectivity index (χ2v) is 9.11. The van der Waals surface area contributed by atoms with Crippen LogP contribution in [0.1, 0.15) is 27.2 Å². The van der Waals surface area contributed by atoms with Crippen molar-refractivity contribution in [2.45, 2.75) is 20.5 Å². The first-order chi connectivity index (χ1) is 19.0. The molecule has 0 spiro atoms. The number of aromatic nitrogens is 7. The van der Waals surface area contributed by atoms with Crippen molar-refractivity contribution in [1.82, 2.24) is 34.1 Å². The van der Waals surface area contributed by atoms with Crippen molar-refractivity contribution in [1.29, 1.82) is 0 Å². The number of anilines is 3. The van der Waals surface area contributed by atoms with Crippen molar-refractivity contribution in [2.75, 3.05) is 10.6 Å². The highest BCUT2D eigenvalue weighted by molar-refractivity contribution is 6.05. The third-order valence-electron chi connectivity index (χ3n) is 6.35. The number of aromatic amines is 1. The minimum absolute atomic E-state index is 0.324. The molecule has 39 heavy (non-hydrogen) atoms. The van der Waals surface area contributed by atoms with Crippen LogP contribution in [0, 0.1) is 13.8 Å². The lowest BCUT2D eigenvalue weighted by molar-refractivity contribution is 0.102. The standard InChI is InChI=1S/C28H24FN9O/c1-17-3-4-20(27(39)35-21-9-19(13-29)10-22(12-21)37-14-18(2)34-16-37)11-24(17)36-28-31-7-8-38(28)26-23-5-6-30-25(23)32-15-33-26/h3-12,14-16H,13H2,1-2H3,(H,31,36)(H,35,39)(H,30,32,33). The minimum atomic E-state index is -0.656. The molecule has 0 saturated heterocycles. The normalized spacial score (nSPS) is 11.2. The molecule has 0 radical (unpaired) electrons. The van der Waals surface area contributed by atoms with Gasteiger partial charge in [0.15, 0.2) is 5.82 Å². The van der Waals surface area contributed by atoms with Crippen molar-refractivity contribution in [2.24, 2.45) is 0 Å². The van der Waals surface area contributed by atoms with Crippen LogP contribution in [0.15, 0.2) is 79.9 Å². The lowest BCUT2D eigenvalue weighted by Crippen LogP contribution is -2.13. The maximum Gasteiger partial charge on any atom is 0.255 e. The summed E-state index contributed by atoms with van der Waals surface area (Å²) in [5, 5.41) is 7.08. The van der Waals surface area contributed by atoms with Crippen LogP contribution >= 0.6 is 0 Å². The van der Waals surface area contributed by atoms with E-state index in [-0.39, 0.29) is 5.91 Å². The summed E-state index contributed by atoms with van der Waals surface area (Å²) in [7, 11) is 0. The van der Waals surface area contributed by atoms with Gasteiger partial charge in [-0.05, 0) is 61.4 Å². The van der Waals surface area contributed by atoms with Crippen molar-refractivity contribution in [3.63, 3.8) is 0 Å². The molecule has 0 aliphatic carbocycles. The zero-order valence-corrected chi connectivity index (χ0v) is 21.2. The molecule has 2 aromatic carbocycles. The summed E-state index contributed by atoms with van der Waals surface area (Å²) >= 11 is 0. The van der Waals surface area contributed by atoms with Crippen LogP contribution in [-0.4, -0.2) is 40.0 Å².